The van der Waals surface area contributed by atoms with E-state index in [2.05, 4.69) is 28.9 Å². The van der Waals surface area contributed by atoms with E-state index in [0.717, 1.165) is 24.1 Å². The van der Waals surface area contributed by atoms with Crippen LogP contribution in [0.5, 0.6) is 0 Å². The van der Waals surface area contributed by atoms with Crippen LogP contribution in [-0.4, -0.2) is 11.4 Å². The summed E-state index contributed by atoms with van der Waals surface area (Å²) in [5, 5.41) is 2.69. The molecule has 0 fully saturated rings. The summed E-state index contributed by atoms with van der Waals surface area (Å²) in [5.41, 5.74) is 4.41. The van der Waals surface area contributed by atoms with Gasteiger partial charge in [0.15, 0.2) is 0 Å². The number of amides is 1. The lowest BCUT2D eigenvalue weighted by Crippen LogP contribution is -1.97. The van der Waals surface area contributed by atoms with Crippen LogP contribution < -0.4 is 5.32 Å². The molecule has 0 aliphatic heterocycles. The Morgan fingerprint density at radius 3 is 2.79 bits per heavy atom. The molecule has 0 aliphatic rings. The average molecular weight is 253 g/mol. The van der Waals surface area contributed by atoms with Gasteiger partial charge in [-0.15, -0.1) is 0 Å². The number of rotatable bonds is 6. The number of benzene rings is 1. The van der Waals surface area contributed by atoms with Crippen LogP contribution in [0.15, 0.2) is 42.7 Å². The van der Waals surface area contributed by atoms with Crippen LogP contribution in [-0.2, 0) is 17.6 Å². The van der Waals surface area contributed by atoms with Gasteiger partial charge in [0.1, 0.15) is 0 Å². The molecule has 1 aromatic carbocycles. The van der Waals surface area contributed by atoms with E-state index in [-0.39, 0.29) is 0 Å². The van der Waals surface area contributed by atoms with Crippen molar-refractivity contribution in [3.8, 4) is 0 Å². The zero-order chi connectivity index (χ0) is 13.5. The van der Waals surface area contributed by atoms with Crippen LogP contribution >= 0.6 is 0 Å². The fraction of sp³-hybridized carbons (Fsp3) is 0.188. The molecule has 3 heteroatoms. The summed E-state index contributed by atoms with van der Waals surface area (Å²) in [7, 11) is 0. The topological polar surface area (TPSA) is 42.0 Å². The van der Waals surface area contributed by atoms with Gasteiger partial charge < -0.3 is 5.32 Å². The van der Waals surface area contributed by atoms with E-state index in [0.29, 0.717) is 6.41 Å². The van der Waals surface area contributed by atoms with Gasteiger partial charge in [-0.2, -0.15) is 0 Å². The number of aryl methyl sites for hydroxylation is 1. The third kappa shape index (κ3) is 4.21. The number of hydrogen-bond acceptors (Lipinski definition) is 2. The number of anilines is 1. The Morgan fingerprint density at radius 1 is 1.21 bits per heavy atom. The number of nitrogens with one attached hydrogen (secondary N) is 1. The fourth-order valence-electron chi connectivity index (χ4n) is 2.06. The zero-order valence-corrected chi connectivity index (χ0v) is 11.0. The Balaban J connectivity index is 1.94. The molecule has 2 aromatic rings. The number of carbonyl (C=O) groups excluding carboxylic acids is 1. The Bertz CT molecular complexity index is 538. The van der Waals surface area contributed by atoms with E-state index in [1.807, 2.05) is 31.3 Å². The van der Waals surface area contributed by atoms with Crippen molar-refractivity contribution in [3.05, 3.63) is 65.8 Å². The molecular formula is C16H17N2O. The molecule has 0 bridgehead atoms. The lowest BCUT2D eigenvalue weighted by Gasteiger charge is -2.06. The standard InChI is InChI=1S/C16H17N2O/c1-13-8-15(10-16(9-13)18-12-19)5-2-4-14-6-3-7-17-11-14/h2-3,6-12H,4-5H2,1H3,(H,18,19). The maximum absolute atomic E-state index is 10.5. The number of hydrogen-bond donors (Lipinski definition) is 1. The Kier molecular flexibility index (Phi) is 4.67. The quantitative estimate of drug-likeness (QED) is 0.804. The van der Waals surface area contributed by atoms with Gasteiger partial charge in [0.05, 0.1) is 0 Å². The SMILES string of the molecule is Cc1cc(C[CH]Cc2cccnc2)cc(NC=O)c1. The van der Waals surface area contributed by atoms with E-state index < -0.39 is 0 Å². The van der Waals surface area contributed by atoms with Crippen LogP contribution in [0.2, 0.25) is 0 Å². The minimum absolute atomic E-state index is 0.706. The van der Waals surface area contributed by atoms with Crippen molar-refractivity contribution in [2.45, 2.75) is 19.8 Å². The molecule has 3 nitrogen and oxygen atoms in total. The first-order valence-electron chi connectivity index (χ1n) is 6.29. The summed E-state index contributed by atoms with van der Waals surface area (Å²) in [4.78, 5) is 14.6. The van der Waals surface area contributed by atoms with E-state index in [9.17, 15) is 4.79 Å². The number of carbonyl (C=O) groups is 1. The molecule has 1 amide bonds. The summed E-state index contributed by atoms with van der Waals surface area (Å²) in [5.74, 6) is 0. The summed E-state index contributed by atoms with van der Waals surface area (Å²) >= 11 is 0. The van der Waals surface area contributed by atoms with E-state index >= 15 is 0 Å². The maximum atomic E-state index is 10.5. The molecule has 0 saturated carbocycles. The Morgan fingerprint density at radius 2 is 2.05 bits per heavy atom. The molecule has 0 aliphatic carbocycles. The zero-order valence-electron chi connectivity index (χ0n) is 11.0. The summed E-state index contributed by atoms with van der Waals surface area (Å²) < 4.78 is 0. The molecule has 0 saturated heterocycles. The highest BCUT2D eigenvalue weighted by Crippen LogP contribution is 2.16. The van der Waals surface area contributed by atoms with Crippen molar-refractivity contribution in [2.75, 3.05) is 5.32 Å². The van der Waals surface area contributed by atoms with Crippen molar-refractivity contribution in [1.29, 1.82) is 0 Å². The third-order valence-corrected chi connectivity index (χ3v) is 2.85. The molecular weight excluding hydrogens is 236 g/mol. The average Bonchev–Trinajstić information content (AvgIpc) is 2.40. The molecule has 1 aromatic heterocycles. The molecule has 0 unspecified atom stereocenters. The van der Waals surface area contributed by atoms with Crippen LogP contribution in [0.4, 0.5) is 5.69 Å². The van der Waals surface area contributed by atoms with Crippen molar-refractivity contribution in [3.63, 3.8) is 0 Å². The highest BCUT2D eigenvalue weighted by molar-refractivity contribution is 5.71. The summed E-state index contributed by atoms with van der Waals surface area (Å²) in [6.45, 7) is 2.03. The molecule has 1 heterocycles. The third-order valence-electron chi connectivity index (χ3n) is 2.85. The fourth-order valence-corrected chi connectivity index (χ4v) is 2.06. The maximum Gasteiger partial charge on any atom is 0.211 e. The van der Waals surface area contributed by atoms with Crippen molar-refractivity contribution in [2.24, 2.45) is 0 Å². The normalized spacial score (nSPS) is 10.2. The lowest BCUT2D eigenvalue weighted by atomic mass is 10.0. The Labute approximate surface area is 113 Å². The molecule has 97 valence electrons. The molecule has 1 N–H and O–H groups in total. The van der Waals surface area contributed by atoms with Crippen molar-refractivity contribution in [1.82, 2.24) is 4.98 Å². The van der Waals surface area contributed by atoms with E-state index in [1.165, 1.54) is 11.1 Å². The monoisotopic (exact) mass is 253 g/mol. The number of nitrogens with zero attached hydrogens (tertiary/aromatic N) is 1. The minimum atomic E-state index is 0.706. The second-order valence-electron chi connectivity index (χ2n) is 4.53. The summed E-state index contributed by atoms with van der Waals surface area (Å²) in [6, 6.07) is 10.1. The molecule has 0 atom stereocenters. The van der Waals surface area contributed by atoms with Gasteiger partial charge in [-0.05, 0) is 61.1 Å². The predicted molar refractivity (Wildman–Crippen MR) is 76.8 cm³/mol. The van der Waals surface area contributed by atoms with E-state index in [4.69, 9.17) is 0 Å². The van der Waals surface area contributed by atoms with Crippen molar-refractivity contribution < 1.29 is 4.79 Å². The number of aromatic nitrogens is 1. The van der Waals surface area contributed by atoms with Gasteiger partial charge in [-0.25, -0.2) is 0 Å². The van der Waals surface area contributed by atoms with E-state index in [1.54, 1.807) is 6.20 Å². The summed E-state index contributed by atoms with van der Waals surface area (Å²) in [6.07, 6.45) is 8.37. The van der Waals surface area contributed by atoms with Gasteiger partial charge in [0, 0.05) is 18.1 Å². The van der Waals surface area contributed by atoms with Gasteiger partial charge in [-0.3, -0.25) is 9.78 Å². The first-order chi connectivity index (χ1) is 9.28. The van der Waals surface area contributed by atoms with Crippen LogP contribution in [0.25, 0.3) is 0 Å². The smallest absolute Gasteiger partial charge is 0.211 e. The van der Waals surface area contributed by atoms with Gasteiger partial charge in [0.2, 0.25) is 6.41 Å². The highest BCUT2D eigenvalue weighted by Gasteiger charge is 2.00. The van der Waals surface area contributed by atoms with Crippen LogP contribution in [0, 0.1) is 13.3 Å². The molecule has 2 rings (SSSR count). The van der Waals surface area contributed by atoms with Crippen LogP contribution in [0.3, 0.4) is 0 Å². The minimum Gasteiger partial charge on any atom is -0.329 e. The Hall–Kier alpha value is -2.16. The predicted octanol–water partition coefficient (Wildman–Crippen LogP) is 2.95. The van der Waals surface area contributed by atoms with Crippen LogP contribution in [0.1, 0.15) is 16.7 Å². The second kappa shape index (κ2) is 6.69. The first kappa shape index (κ1) is 13.3. The number of pyridine rings is 1. The van der Waals surface area contributed by atoms with Gasteiger partial charge in [-0.1, -0.05) is 12.1 Å². The van der Waals surface area contributed by atoms with Crippen molar-refractivity contribution >= 4 is 12.1 Å². The van der Waals surface area contributed by atoms with Gasteiger partial charge in [0.25, 0.3) is 0 Å². The van der Waals surface area contributed by atoms with Gasteiger partial charge >= 0.3 is 0 Å². The lowest BCUT2D eigenvalue weighted by molar-refractivity contribution is -0.105. The molecule has 1 radical (unpaired) electrons. The molecule has 0 spiro atoms. The first-order valence-corrected chi connectivity index (χ1v) is 6.29. The molecule has 19 heavy (non-hydrogen) atoms. The second-order valence-corrected chi connectivity index (χ2v) is 4.53. The highest BCUT2D eigenvalue weighted by atomic mass is 16.1. The largest absolute Gasteiger partial charge is 0.329 e.